The topological polar surface area (TPSA) is 59.4 Å². The molecule has 7 heteroatoms. The lowest BCUT2D eigenvalue weighted by Gasteiger charge is -1.99. The molecular formula is C6H5F2NO3S. The molecule has 0 radical (unpaired) electrons. The van der Waals surface area contributed by atoms with Gasteiger partial charge in [-0.15, -0.1) is 11.3 Å². The molecule has 4 nitrogen and oxygen atoms in total. The van der Waals surface area contributed by atoms with E-state index in [0.717, 1.165) is 11.3 Å². The van der Waals surface area contributed by atoms with Gasteiger partial charge in [0.05, 0.1) is 5.01 Å². The zero-order valence-electron chi connectivity index (χ0n) is 6.45. The number of ether oxygens (including phenoxy) is 1. The Bertz CT molecular complexity index is 326. The van der Waals surface area contributed by atoms with Crippen molar-refractivity contribution in [3.63, 3.8) is 0 Å². The van der Waals surface area contributed by atoms with Gasteiger partial charge in [0.1, 0.15) is 0 Å². The molecule has 0 unspecified atom stereocenters. The molecule has 0 saturated heterocycles. The highest BCUT2D eigenvalue weighted by molar-refractivity contribution is 7.13. The van der Waals surface area contributed by atoms with Crippen LogP contribution in [0.25, 0.3) is 0 Å². The molecule has 0 saturated carbocycles. The fourth-order valence-corrected chi connectivity index (χ4v) is 1.40. The van der Waals surface area contributed by atoms with Gasteiger partial charge in [0.25, 0.3) is 0 Å². The van der Waals surface area contributed by atoms with E-state index in [2.05, 4.69) is 9.72 Å². The average molecular weight is 209 g/mol. The molecule has 0 aliphatic heterocycles. The quantitative estimate of drug-likeness (QED) is 0.823. The lowest BCUT2D eigenvalue weighted by molar-refractivity contribution is -0.0529. The third kappa shape index (κ3) is 2.35. The van der Waals surface area contributed by atoms with E-state index in [1.54, 1.807) is 0 Å². The van der Waals surface area contributed by atoms with E-state index in [4.69, 9.17) is 5.11 Å². The van der Waals surface area contributed by atoms with Gasteiger partial charge in [0.15, 0.2) is 4.88 Å². The first kappa shape index (κ1) is 9.85. The Morgan fingerprint density at radius 2 is 2.31 bits per heavy atom. The highest BCUT2D eigenvalue weighted by atomic mass is 32.1. The van der Waals surface area contributed by atoms with Crippen LogP contribution in [0.4, 0.5) is 8.78 Å². The Morgan fingerprint density at radius 3 is 2.77 bits per heavy atom. The molecule has 1 aromatic heterocycles. The molecule has 0 bridgehead atoms. The van der Waals surface area contributed by atoms with Gasteiger partial charge in [0, 0.05) is 0 Å². The first-order chi connectivity index (χ1) is 6.00. The lowest BCUT2D eigenvalue weighted by Crippen LogP contribution is -2.06. The normalized spacial score (nSPS) is 10.5. The number of aromatic carboxylic acids is 1. The lowest BCUT2D eigenvalue weighted by atomic mass is 10.5. The molecule has 0 amide bonds. The van der Waals surface area contributed by atoms with Crippen molar-refractivity contribution in [1.29, 1.82) is 0 Å². The minimum atomic E-state index is -3.06. The predicted molar refractivity (Wildman–Crippen MR) is 40.4 cm³/mol. The number of carboxylic acids is 1. The molecular weight excluding hydrogens is 204 g/mol. The van der Waals surface area contributed by atoms with Crippen molar-refractivity contribution >= 4 is 17.3 Å². The number of aromatic nitrogens is 1. The van der Waals surface area contributed by atoms with E-state index in [1.165, 1.54) is 6.92 Å². The summed E-state index contributed by atoms with van der Waals surface area (Å²) < 4.78 is 27.4. The summed E-state index contributed by atoms with van der Waals surface area (Å²) in [6.45, 7) is -1.55. The van der Waals surface area contributed by atoms with Gasteiger partial charge in [-0.3, -0.25) is 0 Å². The summed E-state index contributed by atoms with van der Waals surface area (Å²) in [5.74, 6) is -1.84. The molecule has 1 rings (SSSR count). The van der Waals surface area contributed by atoms with Crippen molar-refractivity contribution in [3.05, 3.63) is 9.88 Å². The second-order valence-corrected chi connectivity index (χ2v) is 3.25. The van der Waals surface area contributed by atoms with Crippen LogP contribution >= 0.6 is 11.3 Å². The Balaban J connectivity index is 2.97. The van der Waals surface area contributed by atoms with Crippen molar-refractivity contribution in [2.75, 3.05) is 0 Å². The summed E-state index contributed by atoms with van der Waals surface area (Å²) in [7, 11) is 0. The SMILES string of the molecule is Cc1nc(OC(F)F)c(C(=O)O)s1. The largest absolute Gasteiger partial charge is 0.477 e. The smallest absolute Gasteiger partial charge is 0.388 e. The van der Waals surface area contributed by atoms with Gasteiger partial charge < -0.3 is 9.84 Å². The number of hydrogen-bond acceptors (Lipinski definition) is 4. The zero-order valence-corrected chi connectivity index (χ0v) is 7.27. The standard InChI is InChI=1S/C6H5F2NO3S/c1-2-9-4(12-6(7)8)3(13-2)5(10)11/h6H,1H3,(H,10,11). The summed E-state index contributed by atoms with van der Waals surface area (Å²) in [5.41, 5.74) is 0. The zero-order chi connectivity index (χ0) is 10.0. The van der Waals surface area contributed by atoms with Crippen LogP contribution in [0.5, 0.6) is 5.88 Å². The number of hydrogen-bond donors (Lipinski definition) is 1. The van der Waals surface area contributed by atoms with Gasteiger partial charge in [-0.1, -0.05) is 0 Å². The summed E-state index contributed by atoms with van der Waals surface area (Å²) in [5, 5.41) is 8.91. The second-order valence-electron chi connectivity index (χ2n) is 2.05. The minimum Gasteiger partial charge on any atom is -0.477 e. The highest BCUT2D eigenvalue weighted by Gasteiger charge is 2.19. The first-order valence-corrected chi connectivity index (χ1v) is 3.98. The van der Waals surface area contributed by atoms with Crippen LogP contribution in [0.15, 0.2) is 0 Å². The van der Waals surface area contributed by atoms with E-state index in [-0.39, 0.29) is 4.88 Å². The third-order valence-corrected chi connectivity index (χ3v) is 2.04. The van der Waals surface area contributed by atoms with Gasteiger partial charge in [-0.05, 0) is 6.92 Å². The minimum absolute atomic E-state index is 0.308. The van der Waals surface area contributed by atoms with Crippen LogP contribution < -0.4 is 4.74 Å². The number of carbonyl (C=O) groups is 1. The molecule has 0 spiro atoms. The van der Waals surface area contributed by atoms with Crippen molar-refractivity contribution < 1.29 is 23.4 Å². The Hall–Kier alpha value is -1.24. The fourth-order valence-electron chi connectivity index (χ4n) is 0.707. The summed E-state index contributed by atoms with van der Waals surface area (Å²) >= 11 is 0.795. The molecule has 1 N–H and O–H groups in total. The van der Waals surface area contributed by atoms with Crippen molar-refractivity contribution in [1.82, 2.24) is 4.98 Å². The maximum absolute atomic E-state index is 11.7. The van der Waals surface area contributed by atoms with E-state index >= 15 is 0 Å². The van der Waals surface area contributed by atoms with Crippen molar-refractivity contribution in [2.45, 2.75) is 13.5 Å². The maximum Gasteiger partial charge on any atom is 0.388 e. The summed E-state index contributed by atoms with van der Waals surface area (Å²) in [4.78, 5) is 13.7. The number of alkyl halides is 2. The summed E-state index contributed by atoms with van der Waals surface area (Å²) in [6.07, 6.45) is 0. The molecule has 0 aliphatic rings. The van der Waals surface area contributed by atoms with Crippen LogP contribution in [0.1, 0.15) is 14.7 Å². The Labute approximate surface area is 75.8 Å². The summed E-state index contributed by atoms with van der Waals surface area (Å²) in [6, 6.07) is 0. The number of carboxylic acid groups (broad SMARTS) is 1. The average Bonchev–Trinajstić information content (AvgIpc) is 2.29. The van der Waals surface area contributed by atoms with E-state index < -0.39 is 18.5 Å². The van der Waals surface area contributed by atoms with E-state index in [0.29, 0.717) is 5.01 Å². The van der Waals surface area contributed by atoms with Gasteiger partial charge in [-0.25, -0.2) is 9.78 Å². The molecule has 72 valence electrons. The molecule has 0 atom stereocenters. The number of aryl methyl sites for hydroxylation is 1. The molecule has 0 fully saturated rings. The number of rotatable bonds is 3. The van der Waals surface area contributed by atoms with Crippen molar-refractivity contribution in [3.8, 4) is 5.88 Å². The third-order valence-electron chi connectivity index (χ3n) is 1.10. The number of thiazole rings is 1. The molecule has 0 aromatic carbocycles. The van der Waals surface area contributed by atoms with Crippen LogP contribution in [0, 0.1) is 6.92 Å². The molecule has 13 heavy (non-hydrogen) atoms. The van der Waals surface area contributed by atoms with Gasteiger partial charge in [-0.2, -0.15) is 8.78 Å². The van der Waals surface area contributed by atoms with Crippen molar-refractivity contribution in [2.24, 2.45) is 0 Å². The number of halogens is 2. The number of nitrogens with zero attached hydrogens (tertiary/aromatic N) is 1. The van der Waals surface area contributed by atoms with Gasteiger partial charge >= 0.3 is 12.6 Å². The molecule has 1 aromatic rings. The van der Waals surface area contributed by atoms with Crippen LogP contribution in [0.2, 0.25) is 0 Å². The predicted octanol–water partition coefficient (Wildman–Crippen LogP) is 1.75. The fraction of sp³-hybridized carbons (Fsp3) is 0.333. The molecule has 1 heterocycles. The van der Waals surface area contributed by atoms with Gasteiger partial charge in [0.2, 0.25) is 5.88 Å². The first-order valence-electron chi connectivity index (χ1n) is 3.16. The van der Waals surface area contributed by atoms with Crippen LogP contribution in [-0.4, -0.2) is 22.7 Å². The maximum atomic E-state index is 11.7. The van der Waals surface area contributed by atoms with Crippen LogP contribution in [-0.2, 0) is 0 Å². The Kier molecular flexibility index (Phi) is 2.76. The highest BCUT2D eigenvalue weighted by Crippen LogP contribution is 2.25. The van der Waals surface area contributed by atoms with Crippen LogP contribution in [0.3, 0.4) is 0 Å². The molecule has 0 aliphatic carbocycles. The second kappa shape index (κ2) is 3.65. The Morgan fingerprint density at radius 1 is 1.69 bits per heavy atom. The monoisotopic (exact) mass is 209 g/mol. The van der Waals surface area contributed by atoms with E-state index in [1.807, 2.05) is 0 Å². The van der Waals surface area contributed by atoms with E-state index in [9.17, 15) is 13.6 Å².